The molecule has 28 heavy (non-hydrogen) atoms. The molecule has 1 aliphatic heterocycles. The van der Waals surface area contributed by atoms with Crippen molar-refractivity contribution in [2.45, 2.75) is 18.8 Å². The second-order valence-electron chi connectivity index (χ2n) is 7.08. The van der Waals surface area contributed by atoms with Crippen LogP contribution in [0, 0.1) is 0 Å². The van der Waals surface area contributed by atoms with Gasteiger partial charge in [0.2, 0.25) is 0 Å². The predicted molar refractivity (Wildman–Crippen MR) is 105 cm³/mol. The first-order chi connectivity index (χ1) is 13.5. The molecule has 2 aromatic carbocycles. The van der Waals surface area contributed by atoms with E-state index in [1.54, 1.807) is 34.7 Å². The number of aromatic hydroxyl groups is 1. The molecule has 3 aromatic rings. The third-order valence-electron chi connectivity index (χ3n) is 5.13. The number of nitrogens with zero attached hydrogens (tertiary/aromatic N) is 4. The lowest BCUT2D eigenvalue weighted by Crippen LogP contribution is -2.40. The number of aryl methyl sites for hydroxylation is 1. The highest BCUT2D eigenvalue weighted by atomic mass is 16.3. The van der Waals surface area contributed by atoms with E-state index in [1.807, 2.05) is 30.3 Å². The minimum atomic E-state index is -0.197. The van der Waals surface area contributed by atoms with Gasteiger partial charge in [-0.25, -0.2) is 14.0 Å². The SMILES string of the molecule is Cn1nc([C@@H]2CCCN(C(=O)c3cccc(O)c3)C2)n(-c2ccccc2)c1=O. The molecule has 0 bridgehead atoms. The molecule has 0 spiro atoms. The minimum absolute atomic E-state index is 0.0379. The fourth-order valence-corrected chi connectivity index (χ4v) is 3.76. The zero-order chi connectivity index (χ0) is 19.7. The van der Waals surface area contributed by atoms with Crippen molar-refractivity contribution in [3.8, 4) is 11.4 Å². The van der Waals surface area contributed by atoms with E-state index in [1.165, 1.54) is 10.7 Å². The van der Waals surface area contributed by atoms with Gasteiger partial charge in [0.05, 0.1) is 5.69 Å². The molecule has 0 saturated carbocycles. The van der Waals surface area contributed by atoms with E-state index >= 15 is 0 Å². The van der Waals surface area contributed by atoms with Gasteiger partial charge in [-0.05, 0) is 43.2 Å². The Bertz CT molecular complexity index is 1060. The number of amides is 1. The number of carbonyl (C=O) groups excluding carboxylic acids is 1. The van der Waals surface area contributed by atoms with Crippen LogP contribution in [0.15, 0.2) is 59.4 Å². The second kappa shape index (κ2) is 7.34. The molecule has 7 heteroatoms. The lowest BCUT2D eigenvalue weighted by molar-refractivity contribution is 0.0703. The summed E-state index contributed by atoms with van der Waals surface area (Å²) in [7, 11) is 1.64. The summed E-state index contributed by atoms with van der Waals surface area (Å²) in [5.74, 6) is 0.586. The average Bonchev–Trinajstić information content (AvgIpc) is 3.03. The first-order valence-corrected chi connectivity index (χ1v) is 9.34. The molecule has 7 nitrogen and oxygen atoms in total. The van der Waals surface area contributed by atoms with E-state index in [2.05, 4.69) is 5.10 Å². The van der Waals surface area contributed by atoms with Crippen LogP contribution in [0.3, 0.4) is 0 Å². The van der Waals surface area contributed by atoms with Gasteiger partial charge >= 0.3 is 5.69 Å². The predicted octanol–water partition coefficient (Wildman–Crippen LogP) is 2.30. The van der Waals surface area contributed by atoms with E-state index in [-0.39, 0.29) is 23.3 Å². The Hall–Kier alpha value is -3.35. The number of benzene rings is 2. The van der Waals surface area contributed by atoms with Crippen molar-refractivity contribution in [2.24, 2.45) is 7.05 Å². The molecule has 1 amide bonds. The molecule has 0 aliphatic carbocycles. The van der Waals surface area contributed by atoms with Gasteiger partial charge in [0.15, 0.2) is 0 Å². The van der Waals surface area contributed by atoms with Gasteiger partial charge in [-0.2, -0.15) is 5.10 Å². The highest BCUT2D eigenvalue weighted by molar-refractivity contribution is 5.94. The number of piperidine rings is 1. The molecule has 1 fully saturated rings. The summed E-state index contributed by atoms with van der Waals surface area (Å²) in [6.45, 7) is 1.13. The van der Waals surface area contributed by atoms with Gasteiger partial charge in [0, 0.05) is 31.6 Å². The first kappa shape index (κ1) is 18.0. The van der Waals surface area contributed by atoms with Crippen LogP contribution in [-0.4, -0.2) is 43.4 Å². The molecule has 1 aliphatic rings. The number of aromatic nitrogens is 3. The summed E-state index contributed by atoms with van der Waals surface area (Å²) in [4.78, 5) is 27.3. The summed E-state index contributed by atoms with van der Waals surface area (Å²) >= 11 is 0. The van der Waals surface area contributed by atoms with E-state index in [0.29, 0.717) is 24.5 Å². The van der Waals surface area contributed by atoms with Gasteiger partial charge in [-0.15, -0.1) is 0 Å². The van der Waals surface area contributed by atoms with Crippen molar-refractivity contribution in [3.05, 3.63) is 76.5 Å². The Morgan fingerprint density at radius 2 is 1.93 bits per heavy atom. The van der Waals surface area contributed by atoms with Crippen molar-refractivity contribution < 1.29 is 9.90 Å². The normalized spacial score (nSPS) is 16.9. The molecule has 0 radical (unpaired) electrons. The number of para-hydroxylation sites is 1. The molecule has 1 aromatic heterocycles. The fraction of sp³-hybridized carbons (Fsp3) is 0.286. The van der Waals surface area contributed by atoms with Crippen molar-refractivity contribution in [1.82, 2.24) is 19.2 Å². The maximum atomic E-state index is 12.9. The lowest BCUT2D eigenvalue weighted by Gasteiger charge is -2.32. The van der Waals surface area contributed by atoms with E-state index in [4.69, 9.17) is 0 Å². The van der Waals surface area contributed by atoms with Gasteiger partial charge in [-0.3, -0.25) is 4.79 Å². The maximum Gasteiger partial charge on any atom is 0.350 e. The summed E-state index contributed by atoms with van der Waals surface area (Å²) < 4.78 is 2.98. The molecule has 0 unspecified atom stereocenters. The van der Waals surface area contributed by atoms with E-state index < -0.39 is 0 Å². The summed E-state index contributed by atoms with van der Waals surface area (Å²) in [5, 5.41) is 14.1. The Kier molecular flexibility index (Phi) is 4.73. The zero-order valence-electron chi connectivity index (χ0n) is 15.7. The average molecular weight is 378 g/mol. The van der Waals surface area contributed by atoms with Crippen molar-refractivity contribution >= 4 is 5.91 Å². The standard InChI is InChI=1S/C21H22N4O3/c1-23-21(28)25(17-9-3-2-4-10-17)19(22-23)16-8-6-12-24(14-16)20(27)15-7-5-11-18(26)13-15/h2-5,7,9-11,13,16,26H,6,8,12,14H2,1H3/t16-/m1/s1. The molecule has 1 N–H and O–H groups in total. The van der Waals surface area contributed by atoms with E-state index in [9.17, 15) is 14.7 Å². The van der Waals surface area contributed by atoms with Crippen molar-refractivity contribution in [1.29, 1.82) is 0 Å². The third kappa shape index (κ3) is 3.31. The minimum Gasteiger partial charge on any atom is -0.508 e. The smallest absolute Gasteiger partial charge is 0.350 e. The van der Waals surface area contributed by atoms with Crippen LogP contribution in [0.4, 0.5) is 0 Å². The number of hydrogen-bond acceptors (Lipinski definition) is 4. The largest absolute Gasteiger partial charge is 0.508 e. The quantitative estimate of drug-likeness (QED) is 0.758. The van der Waals surface area contributed by atoms with Crippen LogP contribution in [0.2, 0.25) is 0 Å². The highest BCUT2D eigenvalue weighted by Gasteiger charge is 2.30. The monoisotopic (exact) mass is 378 g/mol. The summed E-state index contributed by atoms with van der Waals surface area (Å²) in [6, 6.07) is 15.8. The molecular weight excluding hydrogens is 356 g/mol. The molecule has 1 atom stereocenters. The van der Waals surface area contributed by atoms with Gasteiger partial charge < -0.3 is 10.0 Å². The molecule has 1 saturated heterocycles. The van der Waals surface area contributed by atoms with Crippen molar-refractivity contribution in [3.63, 3.8) is 0 Å². The summed E-state index contributed by atoms with van der Waals surface area (Å²) in [6.07, 6.45) is 1.68. The number of phenolic OH excluding ortho intramolecular Hbond substituents is 1. The topological polar surface area (TPSA) is 80.4 Å². The maximum absolute atomic E-state index is 12.9. The fourth-order valence-electron chi connectivity index (χ4n) is 3.76. The number of likely N-dealkylation sites (tertiary alicyclic amines) is 1. The number of phenols is 1. The Morgan fingerprint density at radius 3 is 2.68 bits per heavy atom. The Morgan fingerprint density at radius 1 is 1.14 bits per heavy atom. The summed E-state index contributed by atoms with van der Waals surface area (Å²) in [5.41, 5.74) is 1.03. The van der Waals surface area contributed by atoms with Crippen LogP contribution < -0.4 is 5.69 Å². The zero-order valence-corrected chi connectivity index (χ0v) is 15.7. The van der Waals surface area contributed by atoms with Gasteiger partial charge in [0.25, 0.3) is 5.91 Å². The van der Waals surface area contributed by atoms with Crippen LogP contribution in [0.5, 0.6) is 5.75 Å². The lowest BCUT2D eigenvalue weighted by atomic mass is 9.96. The van der Waals surface area contributed by atoms with Crippen LogP contribution >= 0.6 is 0 Å². The van der Waals surface area contributed by atoms with E-state index in [0.717, 1.165) is 18.5 Å². The Labute approximate surface area is 162 Å². The molecule has 144 valence electrons. The van der Waals surface area contributed by atoms with Gasteiger partial charge in [-0.1, -0.05) is 24.3 Å². The first-order valence-electron chi connectivity index (χ1n) is 9.34. The molecule has 2 heterocycles. The third-order valence-corrected chi connectivity index (χ3v) is 5.13. The van der Waals surface area contributed by atoms with Gasteiger partial charge in [0.1, 0.15) is 11.6 Å². The van der Waals surface area contributed by atoms with Crippen LogP contribution in [0.25, 0.3) is 5.69 Å². The number of hydrogen-bond donors (Lipinski definition) is 1. The molecule has 4 rings (SSSR count). The van der Waals surface area contributed by atoms with Crippen molar-refractivity contribution in [2.75, 3.05) is 13.1 Å². The number of carbonyl (C=O) groups is 1. The van der Waals surface area contributed by atoms with Crippen LogP contribution in [0.1, 0.15) is 34.9 Å². The second-order valence-corrected chi connectivity index (χ2v) is 7.08. The Balaban J connectivity index is 1.65. The highest BCUT2D eigenvalue weighted by Crippen LogP contribution is 2.27. The number of rotatable bonds is 3. The molecular formula is C21H22N4O3. The van der Waals surface area contributed by atoms with Crippen LogP contribution in [-0.2, 0) is 7.05 Å².